The number of anilines is 1. The molecule has 74 valence electrons. The van der Waals surface area contributed by atoms with Gasteiger partial charge in [0.1, 0.15) is 6.29 Å². The van der Waals surface area contributed by atoms with E-state index in [0.717, 1.165) is 25.1 Å². The van der Waals surface area contributed by atoms with E-state index in [1.54, 1.807) is 6.07 Å². The largest absolute Gasteiger partial charge is 0.370 e. The maximum Gasteiger partial charge on any atom is 0.150 e. The number of hydrogen-bond acceptors (Lipinski definition) is 2. The molecule has 14 heavy (non-hydrogen) atoms. The average molecular weight is 210 g/mol. The normalized spacial score (nSPS) is 15.9. The number of carbonyl (C=O) groups is 1. The van der Waals surface area contributed by atoms with Crippen LogP contribution in [0.5, 0.6) is 0 Å². The van der Waals surface area contributed by atoms with Gasteiger partial charge in [-0.1, -0.05) is 11.6 Å². The lowest BCUT2D eigenvalue weighted by atomic mass is 10.2. The summed E-state index contributed by atoms with van der Waals surface area (Å²) in [7, 11) is 0. The van der Waals surface area contributed by atoms with Crippen molar-refractivity contribution < 1.29 is 4.79 Å². The first-order valence-corrected chi connectivity index (χ1v) is 5.19. The van der Waals surface area contributed by atoms with Crippen LogP contribution >= 0.6 is 11.6 Å². The predicted octanol–water partition coefficient (Wildman–Crippen LogP) is 2.75. The van der Waals surface area contributed by atoms with Crippen LogP contribution in [0.1, 0.15) is 23.2 Å². The molecule has 0 aromatic heterocycles. The third-order valence-electron chi connectivity index (χ3n) is 2.55. The molecule has 0 amide bonds. The standard InChI is InChI=1S/C11H12ClNO/c12-10-7-9(8-14)3-4-11(10)13-5-1-2-6-13/h3-4,7-8H,1-2,5-6H2. The third-order valence-corrected chi connectivity index (χ3v) is 2.86. The van der Waals surface area contributed by atoms with Crippen molar-refractivity contribution in [2.45, 2.75) is 12.8 Å². The van der Waals surface area contributed by atoms with Crippen LogP contribution in [-0.4, -0.2) is 19.4 Å². The highest BCUT2D eigenvalue weighted by Gasteiger charge is 2.14. The predicted molar refractivity (Wildman–Crippen MR) is 58.3 cm³/mol. The Bertz CT molecular complexity index is 345. The van der Waals surface area contributed by atoms with Gasteiger partial charge in [-0.05, 0) is 31.0 Å². The third kappa shape index (κ3) is 1.75. The molecule has 1 fully saturated rings. The SMILES string of the molecule is O=Cc1ccc(N2CCCC2)c(Cl)c1. The number of benzene rings is 1. The molecule has 2 rings (SSSR count). The van der Waals surface area contributed by atoms with Crippen molar-refractivity contribution in [2.75, 3.05) is 18.0 Å². The van der Waals surface area contributed by atoms with Crippen LogP contribution in [0.2, 0.25) is 5.02 Å². The Labute approximate surface area is 88.5 Å². The topological polar surface area (TPSA) is 20.3 Å². The number of rotatable bonds is 2. The molecular weight excluding hydrogens is 198 g/mol. The number of halogens is 1. The van der Waals surface area contributed by atoms with Gasteiger partial charge in [-0.15, -0.1) is 0 Å². The molecule has 1 saturated heterocycles. The fourth-order valence-corrected chi connectivity index (χ4v) is 2.12. The van der Waals surface area contributed by atoms with Gasteiger partial charge in [0.25, 0.3) is 0 Å². The molecule has 0 saturated carbocycles. The summed E-state index contributed by atoms with van der Waals surface area (Å²) < 4.78 is 0. The second kappa shape index (κ2) is 4.01. The van der Waals surface area contributed by atoms with Gasteiger partial charge in [0.05, 0.1) is 10.7 Å². The second-order valence-corrected chi connectivity index (χ2v) is 3.93. The van der Waals surface area contributed by atoms with Crippen molar-refractivity contribution in [1.82, 2.24) is 0 Å². The van der Waals surface area contributed by atoms with Gasteiger partial charge in [-0.2, -0.15) is 0 Å². The van der Waals surface area contributed by atoms with Gasteiger partial charge in [0.15, 0.2) is 0 Å². The minimum absolute atomic E-state index is 0.637. The number of carbonyl (C=O) groups excluding carboxylic acids is 1. The maximum absolute atomic E-state index is 10.5. The molecule has 2 nitrogen and oxygen atoms in total. The Balaban J connectivity index is 2.29. The molecule has 0 radical (unpaired) electrons. The fourth-order valence-electron chi connectivity index (χ4n) is 1.81. The van der Waals surface area contributed by atoms with E-state index in [9.17, 15) is 4.79 Å². The van der Waals surface area contributed by atoms with Gasteiger partial charge in [-0.3, -0.25) is 4.79 Å². The zero-order valence-electron chi connectivity index (χ0n) is 7.87. The molecule has 1 aromatic rings. The smallest absolute Gasteiger partial charge is 0.150 e. The highest BCUT2D eigenvalue weighted by atomic mass is 35.5. The first-order valence-electron chi connectivity index (χ1n) is 4.81. The van der Waals surface area contributed by atoms with E-state index in [-0.39, 0.29) is 0 Å². The summed E-state index contributed by atoms with van der Waals surface area (Å²) in [6.45, 7) is 2.14. The molecular formula is C11H12ClNO. The van der Waals surface area contributed by atoms with Gasteiger partial charge in [-0.25, -0.2) is 0 Å². The molecule has 0 spiro atoms. The van der Waals surface area contributed by atoms with Crippen molar-refractivity contribution >= 4 is 23.6 Å². The van der Waals surface area contributed by atoms with E-state index >= 15 is 0 Å². The monoisotopic (exact) mass is 209 g/mol. The van der Waals surface area contributed by atoms with Crippen molar-refractivity contribution in [2.24, 2.45) is 0 Å². The fraction of sp³-hybridized carbons (Fsp3) is 0.364. The summed E-state index contributed by atoms with van der Waals surface area (Å²) in [5, 5.41) is 0.677. The van der Waals surface area contributed by atoms with Gasteiger partial charge < -0.3 is 4.90 Å². The van der Waals surface area contributed by atoms with Crippen molar-refractivity contribution in [1.29, 1.82) is 0 Å². The van der Waals surface area contributed by atoms with Crippen LogP contribution in [0.15, 0.2) is 18.2 Å². The second-order valence-electron chi connectivity index (χ2n) is 3.52. The molecule has 1 aliphatic heterocycles. The Morgan fingerprint density at radius 2 is 2.00 bits per heavy atom. The Morgan fingerprint density at radius 3 is 2.57 bits per heavy atom. The first kappa shape index (κ1) is 9.53. The van der Waals surface area contributed by atoms with Crippen molar-refractivity contribution in [3.05, 3.63) is 28.8 Å². The summed E-state index contributed by atoms with van der Waals surface area (Å²) in [5.74, 6) is 0. The molecule has 3 heteroatoms. The van der Waals surface area contributed by atoms with Crippen LogP contribution in [0.25, 0.3) is 0 Å². The van der Waals surface area contributed by atoms with Gasteiger partial charge in [0.2, 0.25) is 0 Å². The van der Waals surface area contributed by atoms with Crippen LogP contribution in [0.4, 0.5) is 5.69 Å². The van der Waals surface area contributed by atoms with Crippen LogP contribution in [-0.2, 0) is 0 Å². The summed E-state index contributed by atoms with van der Waals surface area (Å²) in [6, 6.07) is 5.46. The average Bonchev–Trinajstić information content (AvgIpc) is 2.70. The van der Waals surface area contributed by atoms with E-state index in [1.165, 1.54) is 12.8 Å². The molecule has 0 N–H and O–H groups in total. The molecule has 1 aliphatic rings. The first-order chi connectivity index (χ1) is 6.81. The minimum Gasteiger partial charge on any atom is -0.370 e. The van der Waals surface area contributed by atoms with Crippen LogP contribution in [0.3, 0.4) is 0 Å². The lowest BCUT2D eigenvalue weighted by molar-refractivity contribution is 0.112. The highest BCUT2D eigenvalue weighted by molar-refractivity contribution is 6.33. The van der Waals surface area contributed by atoms with Crippen LogP contribution < -0.4 is 4.90 Å². The molecule has 0 bridgehead atoms. The lowest BCUT2D eigenvalue weighted by Gasteiger charge is -2.18. The lowest BCUT2D eigenvalue weighted by Crippen LogP contribution is -2.17. The number of hydrogen-bond donors (Lipinski definition) is 0. The minimum atomic E-state index is 0.637. The molecule has 1 heterocycles. The molecule has 0 unspecified atom stereocenters. The zero-order chi connectivity index (χ0) is 9.97. The number of nitrogens with zero attached hydrogens (tertiary/aromatic N) is 1. The van der Waals surface area contributed by atoms with E-state index in [1.807, 2.05) is 12.1 Å². The van der Waals surface area contributed by atoms with Crippen LogP contribution in [0, 0.1) is 0 Å². The molecule has 0 atom stereocenters. The summed E-state index contributed by atoms with van der Waals surface area (Å²) in [5.41, 5.74) is 1.69. The summed E-state index contributed by atoms with van der Waals surface area (Å²) in [6.07, 6.45) is 3.27. The highest BCUT2D eigenvalue weighted by Crippen LogP contribution is 2.29. The molecule has 0 aliphatic carbocycles. The van der Waals surface area contributed by atoms with E-state index < -0.39 is 0 Å². The quantitative estimate of drug-likeness (QED) is 0.699. The number of aldehydes is 1. The van der Waals surface area contributed by atoms with Gasteiger partial charge >= 0.3 is 0 Å². The summed E-state index contributed by atoms with van der Waals surface area (Å²) in [4.78, 5) is 12.8. The van der Waals surface area contributed by atoms with E-state index in [0.29, 0.717) is 10.6 Å². The Morgan fingerprint density at radius 1 is 1.29 bits per heavy atom. The van der Waals surface area contributed by atoms with Gasteiger partial charge in [0, 0.05) is 18.7 Å². The Hall–Kier alpha value is -1.02. The maximum atomic E-state index is 10.5. The van der Waals surface area contributed by atoms with Crippen molar-refractivity contribution in [3.63, 3.8) is 0 Å². The van der Waals surface area contributed by atoms with E-state index in [4.69, 9.17) is 11.6 Å². The Kier molecular flexibility index (Phi) is 2.73. The van der Waals surface area contributed by atoms with Crippen molar-refractivity contribution in [3.8, 4) is 0 Å². The summed E-state index contributed by atoms with van der Waals surface area (Å²) >= 11 is 6.09. The molecule has 1 aromatic carbocycles. The van der Waals surface area contributed by atoms with E-state index in [2.05, 4.69) is 4.90 Å². The zero-order valence-corrected chi connectivity index (χ0v) is 8.63.